The second-order valence-electron chi connectivity index (χ2n) is 7.70. The maximum Gasteiger partial charge on any atom is 0.490 e. The van der Waals surface area contributed by atoms with E-state index in [1.165, 1.54) is 11.1 Å². The number of halogens is 3. The highest BCUT2D eigenvalue weighted by Gasteiger charge is 2.42. The number of carbonyl (C=O) groups excluding carboxylic acids is 1. The molecule has 162 valence electrons. The average Bonchev–Trinajstić information content (AvgIpc) is 3.06. The lowest BCUT2D eigenvalue weighted by atomic mass is 9.91. The summed E-state index contributed by atoms with van der Waals surface area (Å²) >= 11 is 0. The van der Waals surface area contributed by atoms with Crippen LogP contribution in [0.5, 0.6) is 0 Å². The van der Waals surface area contributed by atoms with E-state index in [1.54, 1.807) is 19.0 Å². The van der Waals surface area contributed by atoms with Crippen LogP contribution in [0.4, 0.5) is 13.2 Å². The number of alkyl halides is 3. The summed E-state index contributed by atoms with van der Waals surface area (Å²) in [5.41, 5.74) is 2.65. The molecule has 2 heterocycles. The number of fused-ring (bicyclic) bond motifs is 1. The number of likely N-dealkylation sites (tertiary alicyclic amines) is 1. The van der Waals surface area contributed by atoms with E-state index in [9.17, 15) is 18.0 Å². The molecule has 0 unspecified atom stereocenters. The minimum atomic E-state index is -5.08. The number of hydrogen-bond acceptors (Lipinski definition) is 4. The molecule has 29 heavy (non-hydrogen) atoms. The molecule has 2 fully saturated rings. The fourth-order valence-electron chi connectivity index (χ4n) is 3.54. The zero-order chi connectivity index (χ0) is 21.8. The Labute approximate surface area is 168 Å². The number of piperidine rings is 1. The molecule has 3 atom stereocenters. The van der Waals surface area contributed by atoms with Crippen molar-refractivity contribution in [2.45, 2.75) is 44.7 Å². The first-order chi connectivity index (χ1) is 13.5. The van der Waals surface area contributed by atoms with Crippen molar-refractivity contribution in [3.8, 4) is 0 Å². The van der Waals surface area contributed by atoms with E-state index in [0.717, 1.165) is 32.5 Å². The van der Waals surface area contributed by atoms with E-state index in [4.69, 9.17) is 14.6 Å². The van der Waals surface area contributed by atoms with Gasteiger partial charge < -0.3 is 14.7 Å². The first kappa shape index (κ1) is 23.2. The van der Waals surface area contributed by atoms with Crippen LogP contribution in [0.25, 0.3) is 0 Å². The second kappa shape index (κ2) is 9.58. The fraction of sp³-hybridized carbons (Fsp3) is 0.600. The number of amides is 1. The van der Waals surface area contributed by atoms with Gasteiger partial charge in [0.15, 0.2) is 0 Å². The van der Waals surface area contributed by atoms with Gasteiger partial charge in [-0.15, -0.1) is 0 Å². The van der Waals surface area contributed by atoms with Gasteiger partial charge in [-0.2, -0.15) is 13.2 Å². The Hall–Kier alpha value is -2.13. The van der Waals surface area contributed by atoms with Crippen molar-refractivity contribution in [2.24, 2.45) is 5.92 Å². The van der Waals surface area contributed by atoms with Gasteiger partial charge in [-0.3, -0.25) is 9.69 Å². The highest BCUT2D eigenvalue weighted by molar-refractivity contribution is 5.80. The average molecular weight is 416 g/mol. The van der Waals surface area contributed by atoms with Crippen LogP contribution < -0.4 is 0 Å². The monoisotopic (exact) mass is 416 g/mol. The number of benzene rings is 1. The van der Waals surface area contributed by atoms with Gasteiger partial charge in [0.05, 0.1) is 6.10 Å². The van der Waals surface area contributed by atoms with Gasteiger partial charge in [0, 0.05) is 27.2 Å². The zero-order valence-electron chi connectivity index (χ0n) is 16.8. The van der Waals surface area contributed by atoms with Crippen molar-refractivity contribution in [2.75, 3.05) is 27.2 Å². The van der Waals surface area contributed by atoms with Gasteiger partial charge in [0.1, 0.15) is 6.10 Å². The van der Waals surface area contributed by atoms with Gasteiger partial charge in [0.2, 0.25) is 0 Å². The SMILES string of the molecule is Cc1ccc(CN2CC[C@H]3C[C@H](C(=O)N(C)C)O[C@@H]3C2)cc1.O=C(O)C(F)(F)F. The first-order valence-electron chi connectivity index (χ1n) is 9.42. The Morgan fingerprint density at radius 2 is 1.83 bits per heavy atom. The van der Waals surface area contributed by atoms with Gasteiger partial charge in [-0.1, -0.05) is 29.8 Å². The summed E-state index contributed by atoms with van der Waals surface area (Å²) in [6, 6.07) is 8.74. The predicted molar refractivity (Wildman–Crippen MR) is 100 cm³/mol. The number of ether oxygens (including phenoxy) is 1. The largest absolute Gasteiger partial charge is 0.490 e. The van der Waals surface area contributed by atoms with Gasteiger partial charge in [0.25, 0.3) is 5.91 Å². The summed E-state index contributed by atoms with van der Waals surface area (Å²) in [6.45, 7) is 5.12. The van der Waals surface area contributed by atoms with Crippen molar-refractivity contribution in [3.05, 3.63) is 35.4 Å². The summed E-state index contributed by atoms with van der Waals surface area (Å²) < 4.78 is 37.8. The molecule has 1 N–H and O–H groups in total. The highest BCUT2D eigenvalue weighted by Crippen LogP contribution is 2.34. The Morgan fingerprint density at radius 3 is 2.34 bits per heavy atom. The van der Waals surface area contributed by atoms with E-state index < -0.39 is 12.1 Å². The van der Waals surface area contributed by atoms with E-state index in [2.05, 4.69) is 36.1 Å². The molecule has 0 spiro atoms. The number of nitrogens with zero attached hydrogens (tertiary/aromatic N) is 2. The first-order valence-corrected chi connectivity index (χ1v) is 9.42. The maximum absolute atomic E-state index is 12.1. The molecule has 0 bridgehead atoms. The van der Waals surface area contributed by atoms with Crippen LogP contribution in [0.2, 0.25) is 0 Å². The Morgan fingerprint density at radius 1 is 1.24 bits per heavy atom. The predicted octanol–water partition coefficient (Wildman–Crippen LogP) is 2.70. The Balaban J connectivity index is 0.000000370. The van der Waals surface area contributed by atoms with Crippen LogP contribution in [0.3, 0.4) is 0 Å². The van der Waals surface area contributed by atoms with E-state index in [1.807, 2.05) is 0 Å². The normalized spacial score (nSPS) is 24.3. The molecule has 2 saturated heterocycles. The lowest BCUT2D eigenvalue weighted by Gasteiger charge is -2.34. The van der Waals surface area contributed by atoms with Gasteiger partial charge in [-0.25, -0.2) is 4.79 Å². The molecule has 2 aliphatic heterocycles. The molecular formula is C20H27F3N2O4. The topological polar surface area (TPSA) is 70.1 Å². The van der Waals surface area contributed by atoms with Crippen LogP contribution in [0, 0.1) is 12.8 Å². The van der Waals surface area contributed by atoms with Crippen molar-refractivity contribution in [3.63, 3.8) is 0 Å². The highest BCUT2D eigenvalue weighted by atomic mass is 19.4. The molecule has 0 aromatic heterocycles. The number of hydrogen-bond donors (Lipinski definition) is 1. The number of likely N-dealkylation sites (N-methyl/N-ethyl adjacent to an activating group) is 1. The van der Waals surface area contributed by atoms with Crippen LogP contribution in [0.15, 0.2) is 24.3 Å². The number of rotatable bonds is 3. The van der Waals surface area contributed by atoms with E-state index >= 15 is 0 Å². The molecule has 0 radical (unpaired) electrons. The second-order valence-corrected chi connectivity index (χ2v) is 7.70. The number of carbonyl (C=O) groups is 2. The number of carboxylic acid groups (broad SMARTS) is 1. The minimum absolute atomic E-state index is 0.111. The van der Waals surface area contributed by atoms with Gasteiger partial charge in [-0.05, 0) is 37.8 Å². The van der Waals surface area contributed by atoms with E-state index in [-0.39, 0.29) is 18.1 Å². The van der Waals surface area contributed by atoms with Crippen molar-refractivity contribution >= 4 is 11.9 Å². The molecule has 1 amide bonds. The van der Waals surface area contributed by atoms with E-state index in [0.29, 0.717) is 5.92 Å². The molecule has 2 aliphatic rings. The summed E-state index contributed by atoms with van der Waals surface area (Å²) in [5, 5.41) is 7.12. The Kier molecular flexibility index (Phi) is 7.65. The summed E-state index contributed by atoms with van der Waals surface area (Å²) in [4.78, 5) is 25.1. The number of aryl methyl sites for hydroxylation is 1. The molecule has 1 aromatic rings. The quantitative estimate of drug-likeness (QED) is 0.821. The standard InChI is InChI=1S/C18H26N2O2.C2HF3O2/c1-13-4-6-14(7-5-13)11-20-9-8-15-10-16(18(21)19(2)3)22-17(15)12-20;3-2(4,5)1(6)7/h4-7,15-17H,8-12H2,1-3H3;(H,6,7)/t15-,16+,17+;/m0./s1. The molecule has 3 rings (SSSR count). The van der Waals surface area contributed by atoms with Crippen molar-refractivity contribution in [1.29, 1.82) is 0 Å². The van der Waals surface area contributed by atoms with Crippen molar-refractivity contribution in [1.82, 2.24) is 9.80 Å². The lowest BCUT2D eigenvalue weighted by molar-refractivity contribution is -0.192. The summed E-state index contributed by atoms with van der Waals surface area (Å²) in [7, 11) is 3.61. The third-order valence-electron chi connectivity index (χ3n) is 5.12. The third-order valence-corrected chi connectivity index (χ3v) is 5.12. The molecule has 9 heteroatoms. The van der Waals surface area contributed by atoms with Crippen LogP contribution >= 0.6 is 0 Å². The molecule has 1 aromatic carbocycles. The number of carboxylic acids is 1. The van der Waals surface area contributed by atoms with Gasteiger partial charge >= 0.3 is 12.1 Å². The van der Waals surface area contributed by atoms with Crippen LogP contribution in [-0.4, -0.2) is 72.4 Å². The fourth-order valence-corrected chi connectivity index (χ4v) is 3.54. The summed E-state index contributed by atoms with van der Waals surface area (Å²) in [6.07, 6.45) is -3.08. The number of aliphatic carboxylic acids is 1. The van der Waals surface area contributed by atoms with Crippen LogP contribution in [0.1, 0.15) is 24.0 Å². The lowest BCUT2D eigenvalue weighted by Crippen LogP contribution is -2.42. The third kappa shape index (κ3) is 6.71. The molecule has 0 saturated carbocycles. The zero-order valence-corrected chi connectivity index (χ0v) is 16.8. The molecule has 6 nitrogen and oxygen atoms in total. The molecule has 0 aliphatic carbocycles. The summed E-state index contributed by atoms with van der Waals surface area (Å²) in [5.74, 6) is -2.10. The smallest absolute Gasteiger partial charge is 0.475 e. The van der Waals surface area contributed by atoms with Crippen molar-refractivity contribution < 1.29 is 32.6 Å². The maximum atomic E-state index is 12.1. The molecular weight excluding hydrogens is 389 g/mol. The van der Waals surface area contributed by atoms with Crippen LogP contribution in [-0.2, 0) is 20.9 Å². The minimum Gasteiger partial charge on any atom is -0.475 e. The Bertz CT molecular complexity index is 707.